The molecule has 1 saturated heterocycles. The van der Waals surface area contributed by atoms with Crippen LogP contribution in [0.4, 0.5) is 0 Å². The van der Waals surface area contributed by atoms with Crippen molar-refractivity contribution in [2.75, 3.05) is 19.7 Å². The van der Waals surface area contributed by atoms with E-state index in [-0.39, 0.29) is 29.1 Å². The van der Waals surface area contributed by atoms with Crippen LogP contribution in [-0.2, 0) is 14.8 Å². The van der Waals surface area contributed by atoms with E-state index in [0.717, 1.165) is 5.56 Å². The molecule has 2 aromatic carbocycles. The Bertz CT molecular complexity index is 1030. The number of halogens is 2. The Balaban J connectivity index is 1.74. The molecule has 2 aromatic rings. The quantitative estimate of drug-likeness (QED) is 0.619. The molecule has 0 spiro atoms. The second-order valence-electron chi connectivity index (χ2n) is 7.51. The molecule has 3 rings (SSSR count). The van der Waals surface area contributed by atoms with Crippen molar-refractivity contribution in [1.29, 1.82) is 0 Å². The Hall–Kier alpha value is -1.80. The largest absolute Gasteiger partial charge is 0.492 e. The van der Waals surface area contributed by atoms with Crippen molar-refractivity contribution in [3.05, 3.63) is 58.1 Å². The van der Waals surface area contributed by atoms with E-state index in [4.69, 9.17) is 27.9 Å². The van der Waals surface area contributed by atoms with E-state index in [0.29, 0.717) is 36.0 Å². The summed E-state index contributed by atoms with van der Waals surface area (Å²) >= 11 is 12.0. The SMILES string of the molecule is CCOc1ccc(Cl)cc1S(=O)(=O)N1CCC[C@@H](C(=O)N[C@H](C)c2ccc(Cl)cc2)C1. The topological polar surface area (TPSA) is 75.7 Å². The number of carbonyl (C=O) groups excluding carboxylic acids is 1. The molecule has 1 aliphatic rings. The molecule has 1 aliphatic heterocycles. The van der Waals surface area contributed by atoms with Crippen LogP contribution >= 0.6 is 23.2 Å². The van der Waals surface area contributed by atoms with Crippen LogP contribution < -0.4 is 10.1 Å². The highest BCUT2D eigenvalue weighted by Crippen LogP contribution is 2.32. The number of hydrogen-bond acceptors (Lipinski definition) is 4. The van der Waals surface area contributed by atoms with Crippen molar-refractivity contribution in [3.63, 3.8) is 0 Å². The fourth-order valence-electron chi connectivity index (χ4n) is 3.64. The Kier molecular flexibility index (Phi) is 7.86. The highest BCUT2D eigenvalue weighted by atomic mass is 35.5. The number of carbonyl (C=O) groups is 1. The maximum atomic E-state index is 13.3. The fraction of sp³-hybridized carbons (Fsp3) is 0.409. The molecule has 31 heavy (non-hydrogen) atoms. The molecule has 0 radical (unpaired) electrons. The van der Waals surface area contributed by atoms with Gasteiger partial charge in [0.25, 0.3) is 0 Å². The van der Waals surface area contributed by atoms with Gasteiger partial charge < -0.3 is 10.1 Å². The highest BCUT2D eigenvalue weighted by molar-refractivity contribution is 7.89. The second kappa shape index (κ2) is 10.2. The summed E-state index contributed by atoms with van der Waals surface area (Å²) in [6.07, 6.45) is 1.22. The van der Waals surface area contributed by atoms with Crippen LogP contribution in [0.5, 0.6) is 5.75 Å². The molecule has 2 atom stereocenters. The van der Waals surface area contributed by atoms with Gasteiger partial charge in [0.05, 0.1) is 18.6 Å². The van der Waals surface area contributed by atoms with Crippen LogP contribution in [-0.4, -0.2) is 38.3 Å². The van der Waals surface area contributed by atoms with Crippen molar-refractivity contribution in [1.82, 2.24) is 9.62 Å². The first kappa shape index (κ1) is 23.9. The summed E-state index contributed by atoms with van der Waals surface area (Å²) in [5.74, 6) is -0.346. The van der Waals surface area contributed by atoms with E-state index >= 15 is 0 Å². The van der Waals surface area contributed by atoms with Crippen molar-refractivity contribution in [3.8, 4) is 5.75 Å². The number of rotatable bonds is 7. The second-order valence-corrected chi connectivity index (χ2v) is 10.3. The first-order chi connectivity index (χ1) is 14.7. The van der Waals surface area contributed by atoms with Crippen LogP contribution in [0.1, 0.15) is 38.3 Å². The van der Waals surface area contributed by atoms with Gasteiger partial charge in [0.15, 0.2) is 0 Å². The fourth-order valence-corrected chi connectivity index (χ4v) is 5.68. The lowest BCUT2D eigenvalue weighted by Crippen LogP contribution is -2.45. The third-order valence-corrected chi connectivity index (χ3v) is 7.68. The Morgan fingerprint density at radius 3 is 2.55 bits per heavy atom. The molecule has 1 fully saturated rings. The summed E-state index contributed by atoms with van der Waals surface area (Å²) in [5.41, 5.74) is 0.929. The Morgan fingerprint density at radius 2 is 1.87 bits per heavy atom. The molecular formula is C22H26Cl2N2O4S. The van der Waals surface area contributed by atoms with Gasteiger partial charge in [0, 0.05) is 23.1 Å². The molecule has 1 N–H and O–H groups in total. The number of nitrogens with zero attached hydrogens (tertiary/aromatic N) is 1. The van der Waals surface area contributed by atoms with Crippen LogP contribution in [0.25, 0.3) is 0 Å². The predicted octanol–water partition coefficient (Wildman–Crippen LogP) is 4.67. The van der Waals surface area contributed by atoms with Gasteiger partial charge in [-0.1, -0.05) is 35.3 Å². The number of sulfonamides is 1. The molecule has 0 saturated carbocycles. The molecule has 1 amide bonds. The number of ether oxygens (including phenoxy) is 1. The summed E-state index contributed by atoms with van der Waals surface area (Å²) < 4.78 is 33.5. The number of amides is 1. The Morgan fingerprint density at radius 1 is 1.19 bits per heavy atom. The van der Waals surface area contributed by atoms with E-state index < -0.39 is 15.9 Å². The minimum atomic E-state index is -3.86. The summed E-state index contributed by atoms with van der Waals surface area (Å²) in [6, 6.07) is 11.6. The predicted molar refractivity (Wildman–Crippen MR) is 122 cm³/mol. The molecule has 0 aliphatic carbocycles. The summed E-state index contributed by atoms with van der Waals surface area (Å²) in [4.78, 5) is 12.9. The van der Waals surface area contributed by atoms with Crippen LogP contribution in [0, 0.1) is 5.92 Å². The Labute approximate surface area is 193 Å². The number of benzene rings is 2. The van der Waals surface area contributed by atoms with Gasteiger partial charge in [-0.25, -0.2) is 8.42 Å². The van der Waals surface area contributed by atoms with E-state index in [1.54, 1.807) is 31.2 Å². The zero-order valence-corrected chi connectivity index (χ0v) is 19.8. The molecular weight excluding hydrogens is 459 g/mol. The van der Waals surface area contributed by atoms with Crippen LogP contribution in [0.3, 0.4) is 0 Å². The van der Waals surface area contributed by atoms with E-state index in [9.17, 15) is 13.2 Å². The normalized spacial score (nSPS) is 18.4. The van der Waals surface area contributed by atoms with Gasteiger partial charge in [0.1, 0.15) is 10.6 Å². The molecule has 0 unspecified atom stereocenters. The van der Waals surface area contributed by atoms with E-state index in [1.165, 1.54) is 10.4 Å². The smallest absolute Gasteiger partial charge is 0.246 e. The number of hydrogen-bond donors (Lipinski definition) is 1. The van der Waals surface area contributed by atoms with Gasteiger partial charge >= 0.3 is 0 Å². The van der Waals surface area contributed by atoms with Crippen LogP contribution in [0.2, 0.25) is 10.0 Å². The average molecular weight is 485 g/mol. The maximum Gasteiger partial charge on any atom is 0.246 e. The van der Waals surface area contributed by atoms with Gasteiger partial charge in [-0.05, 0) is 62.6 Å². The summed E-state index contributed by atoms with van der Waals surface area (Å²) in [7, 11) is -3.86. The lowest BCUT2D eigenvalue weighted by atomic mass is 9.98. The van der Waals surface area contributed by atoms with Gasteiger partial charge in [0.2, 0.25) is 15.9 Å². The minimum absolute atomic E-state index is 0.0254. The van der Waals surface area contributed by atoms with Gasteiger partial charge in [-0.3, -0.25) is 4.79 Å². The molecule has 6 nitrogen and oxygen atoms in total. The van der Waals surface area contributed by atoms with Gasteiger partial charge in [-0.15, -0.1) is 0 Å². The van der Waals surface area contributed by atoms with Crippen molar-refractivity contribution >= 4 is 39.1 Å². The highest BCUT2D eigenvalue weighted by Gasteiger charge is 2.35. The minimum Gasteiger partial charge on any atom is -0.492 e. The van der Waals surface area contributed by atoms with Crippen molar-refractivity contribution in [2.24, 2.45) is 5.92 Å². The first-order valence-electron chi connectivity index (χ1n) is 10.2. The zero-order valence-electron chi connectivity index (χ0n) is 17.5. The van der Waals surface area contributed by atoms with Gasteiger partial charge in [-0.2, -0.15) is 4.31 Å². The van der Waals surface area contributed by atoms with E-state index in [2.05, 4.69) is 5.32 Å². The third kappa shape index (κ3) is 5.71. The monoisotopic (exact) mass is 484 g/mol. The standard InChI is InChI=1S/C22H26Cl2N2O4S/c1-3-30-20-11-10-19(24)13-21(20)31(28,29)26-12-4-5-17(14-26)22(27)25-15(2)16-6-8-18(23)9-7-16/h6-11,13,15,17H,3-5,12,14H2,1-2H3,(H,25,27)/t15-,17-/m1/s1. The average Bonchev–Trinajstić information content (AvgIpc) is 2.75. The molecule has 0 aromatic heterocycles. The van der Waals surface area contributed by atoms with Crippen molar-refractivity contribution < 1.29 is 17.9 Å². The molecule has 9 heteroatoms. The lowest BCUT2D eigenvalue weighted by Gasteiger charge is -2.32. The lowest BCUT2D eigenvalue weighted by molar-refractivity contribution is -0.126. The molecule has 0 bridgehead atoms. The van der Waals surface area contributed by atoms with Crippen LogP contribution in [0.15, 0.2) is 47.4 Å². The van der Waals surface area contributed by atoms with E-state index in [1.807, 2.05) is 19.1 Å². The molecule has 1 heterocycles. The zero-order chi connectivity index (χ0) is 22.6. The number of nitrogens with one attached hydrogen (secondary N) is 1. The molecule has 168 valence electrons. The van der Waals surface area contributed by atoms with Crippen molar-refractivity contribution in [2.45, 2.75) is 37.6 Å². The summed E-state index contributed by atoms with van der Waals surface area (Å²) in [5, 5.41) is 3.93. The third-order valence-electron chi connectivity index (χ3n) is 5.31. The maximum absolute atomic E-state index is 13.3. The summed E-state index contributed by atoms with van der Waals surface area (Å²) in [6.45, 7) is 4.46. The number of piperidine rings is 1. The first-order valence-corrected chi connectivity index (χ1v) is 12.4.